The van der Waals surface area contributed by atoms with Crippen molar-refractivity contribution in [2.24, 2.45) is 0 Å². The predicted octanol–water partition coefficient (Wildman–Crippen LogP) is 2.31. The Morgan fingerprint density at radius 1 is 1.30 bits per heavy atom. The van der Waals surface area contributed by atoms with Gasteiger partial charge in [0.2, 0.25) is 15.9 Å². The van der Waals surface area contributed by atoms with Gasteiger partial charge in [-0.3, -0.25) is 9.48 Å². The van der Waals surface area contributed by atoms with E-state index in [0.29, 0.717) is 17.0 Å². The lowest BCUT2D eigenvalue weighted by Crippen LogP contribution is -2.32. The van der Waals surface area contributed by atoms with Crippen molar-refractivity contribution in [1.82, 2.24) is 14.5 Å². The van der Waals surface area contributed by atoms with E-state index < -0.39 is 16.1 Å². The fourth-order valence-corrected chi connectivity index (χ4v) is 4.03. The molecule has 0 unspecified atom stereocenters. The van der Waals surface area contributed by atoms with Gasteiger partial charge in [0.25, 0.3) is 0 Å². The zero-order valence-corrected chi connectivity index (χ0v) is 15.7. The van der Waals surface area contributed by atoms with E-state index in [-0.39, 0.29) is 17.3 Å². The first-order valence-electron chi connectivity index (χ1n) is 8.27. The quantitative estimate of drug-likeness (QED) is 0.646. The van der Waals surface area contributed by atoms with E-state index in [4.69, 9.17) is 4.42 Å². The average Bonchev–Trinajstić information content (AvgIpc) is 3.28. The molecule has 2 aromatic heterocycles. The maximum Gasteiger partial charge on any atom is 0.240 e. The summed E-state index contributed by atoms with van der Waals surface area (Å²) in [5.41, 5.74) is 1.08. The number of hydrogen-bond acceptors (Lipinski definition) is 5. The number of amides is 1. The van der Waals surface area contributed by atoms with Gasteiger partial charge in [0.1, 0.15) is 11.8 Å². The molecule has 1 amide bonds. The van der Waals surface area contributed by atoms with Crippen LogP contribution in [-0.4, -0.2) is 30.7 Å². The smallest absolute Gasteiger partial charge is 0.240 e. The van der Waals surface area contributed by atoms with Crippen LogP contribution in [0.3, 0.4) is 0 Å². The monoisotopic (exact) mass is 388 g/mol. The molecular weight excluding hydrogens is 368 g/mol. The largest absolute Gasteiger partial charge is 0.467 e. The molecule has 0 saturated carbocycles. The van der Waals surface area contributed by atoms with Crippen LogP contribution in [0.15, 0.2) is 64.4 Å². The Kier molecular flexibility index (Phi) is 5.43. The molecule has 27 heavy (non-hydrogen) atoms. The van der Waals surface area contributed by atoms with Gasteiger partial charge in [-0.2, -0.15) is 5.10 Å². The van der Waals surface area contributed by atoms with Gasteiger partial charge in [-0.05, 0) is 48.9 Å². The van der Waals surface area contributed by atoms with Gasteiger partial charge in [-0.1, -0.05) is 0 Å². The predicted molar refractivity (Wildman–Crippen MR) is 99.7 cm³/mol. The van der Waals surface area contributed by atoms with Crippen molar-refractivity contribution >= 4 is 21.6 Å². The molecule has 0 radical (unpaired) electrons. The van der Waals surface area contributed by atoms with E-state index in [2.05, 4.69) is 15.1 Å². The van der Waals surface area contributed by atoms with Crippen LogP contribution < -0.4 is 10.0 Å². The fourth-order valence-electron chi connectivity index (χ4n) is 2.77. The number of benzene rings is 1. The minimum atomic E-state index is -3.76. The molecule has 1 atom stereocenters. The third-order valence-corrected chi connectivity index (χ3v) is 5.55. The number of sulfonamides is 1. The standard InChI is InChI=1S/C18H20N4O4S/c1-13-11-15(21-14(2)23)6-7-18(13)27(24,25)20-12-16(17-5-3-10-26-17)22-9-4-8-19-22/h3-11,16,20H,12H2,1-2H3,(H,21,23)/t16-/m0/s1. The summed E-state index contributed by atoms with van der Waals surface area (Å²) < 4.78 is 35.2. The van der Waals surface area contributed by atoms with Crippen molar-refractivity contribution < 1.29 is 17.6 Å². The molecule has 3 aromatic rings. The van der Waals surface area contributed by atoms with Crippen LogP contribution in [0.5, 0.6) is 0 Å². The van der Waals surface area contributed by atoms with Crippen molar-refractivity contribution in [3.8, 4) is 0 Å². The lowest BCUT2D eigenvalue weighted by Gasteiger charge is -2.17. The van der Waals surface area contributed by atoms with Gasteiger partial charge in [-0.15, -0.1) is 0 Å². The highest BCUT2D eigenvalue weighted by Crippen LogP contribution is 2.22. The number of aromatic nitrogens is 2. The van der Waals surface area contributed by atoms with Gasteiger partial charge in [0, 0.05) is 31.5 Å². The first-order chi connectivity index (χ1) is 12.9. The summed E-state index contributed by atoms with van der Waals surface area (Å²) in [5.74, 6) is 0.378. The minimum absolute atomic E-state index is 0.0738. The molecule has 0 saturated heterocycles. The van der Waals surface area contributed by atoms with Crippen LogP contribution in [0, 0.1) is 6.92 Å². The number of carbonyl (C=O) groups excluding carboxylic acids is 1. The zero-order valence-electron chi connectivity index (χ0n) is 14.9. The van der Waals surface area contributed by atoms with Gasteiger partial charge in [0.05, 0.1) is 11.2 Å². The van der Waals surface area contributed by atoms with E-state index in [1.54, 1.807) is 54.3 Å². The van der Waals surface area contributed by atoms with Gasteiger partial charge in [0.15, 0.2) is 0 Å². The van der Waals surface area contributed by atoms with E-state index in [0.717, 1.165) is 0 Å². The third-order valence-electron chi connectivity index (χ3n) is 3.97. The first kappa shape index (κ1) is 18.9. The van der Waals surface area contributed by atoms with Gasteiger partial charge >= 0.3 is 0 Å². The molecule has 2 N–H and O–H groups in total. The summed E-state index contributed by atoms with van der Waals surface area (Å²) in [7, 11) is -3.76. The number of nitrogens with one attached hydrogen (secondary N) is 2. The molecule has 0 fully saturated rings. The molecular formula is C18H20N4O4S. The highest BCUT2D eigenvalue weighted by atomic mass is 32.2. The normalized spacial score (nSPS) is 12.7. The Labute approximate surface area is 157 Å². The number of aryl methyl sites for hydroxylation is 1. The van der Waals surface area contributed by atoms with Crippen LogP contribution in [0.1, 0.15) is 24.3 Å². The summed E-state index contributed by atoms with van der Waals surface area (Å²) in [4.78, 5) is 11.3. The molecule has 0 aliphatic rings. The number of hydrogen-bond donors (Lipinski definition) is 2. The first-order valence-corrected chi connectivity index (χ1v) is 9.75. The summed E-state index contributed by atoms with van der Waals surface area (Å²) in [6.45, 7) is 3.15. The van der Waals surface area contributed by atoms with Crippen LogP contribution in [0.2, 0.25) is 0 Å². The van der Waals surface area contributed by atoms with E-state index in [1.807, 2.05) is 0 Å². The van der Waals surface area contributed by atoms with Crippen LogP contribution in [0.25, 0.3) is 0 Å². The molecule has 0 aliphatic carbocycles. The summed E-state index contributed by atoms with van der Waals surface area (Å²) >= 11 is 0. The maximum atomic E-state index is 12.8. The van der Waals surface area contributed by atoms with Gasteiger partial charge in [-0.25, -0.2) is 13.1 Å². The van der Waals surface area contributed by atoms with E-state index in [9.17, 15) is 13.2 Å². The molecule has 0 spiro atoms. The van der Waals surface area contributed by atoms with Crippen LogP contribution >= 0.6 is 0 Å². The Balaban J connectivity index is 1.80. The second kappa shape index (κ2) is 7.77. The van der Waals surface area contributed by atoms with Crippen molar-refractivity contribution in [2.75, 3.05) is 11.9 Å². The van der Waals surface area contributed by atoms with Gasteiger partial charge < -0.3 is 9.73 Å². The van der Waals surface area contributed by atoms with E-state index in [1.165, 1.54) is 19.3 Å². The molecule has 0 aliphatic heterocycles. The Morgan fingerprint density at radius 3 is 2.70 bits per heavy atom. The number of carbonyl (C=O) groups is 1. The third kappa shape index (κ3) is 4.44. The van der Waals surface area contributed by atoms with Crippen LogP contribution in [-0.2, 0) is 14.8 Å². The van der Waals surface area contributed by atoms with Crippen molar-refractivity contribution in [2.45, 2.75) is 24.8 Å². The summed E-state index contributed by atoms with van der Waals surface area (Å²) in [6, 6.07) is 9.50. The number of anilines is 1. The number of nitrogens with zero attached hydrogens (tertiary/aromatic N) is 2. The molecule has 9 heteroatoms. The highest BCUT2D eigenvalue weighted by molar-refractivity contribution is 7.89. The minimum Gasteiger partial charge on any atom is -0.467 e. The molecule has 1 aromatic carbocycles. The van der Waals surface area contributed by atoms with Crippen molar-refractivity contribution in [3.05, 3.63) is 66.4 Å². The molecule has 142 valence electrons. The highest BCUT2D eigenvalue weighted by Gasteiger charge is 2.23. The number of rotatable bonds is 7. The second-order valence-corrected chi connectivity index (χ2v) is 7.77. The lowest BCUT2D eigenvalue weighted by molar-refractivity contribution is -0.114. The summed E-state index contributed by atoms with van der Waals surface area (Å²) in [5, 5.41) is 6.82. The van der Waals surface area contributed by atoms with Crippen molar-refractivity contribution in [1.29, 1.82) is 0 Å². The molecule has 8 nitrogen and oxygen atoms in total. The lowest BCUT2D eigenvalue weighted by atomic mass is 10.2. The molecule has 2 heterocycles. The SMILES string of the molecule is CC(=O)Nc1ccc(S(=O)(=O)NC[C@@H](c2ccco2)n2cccn2)c(C)c1. The Hall–Kier alpha value is -2.91. The zero-order chi connectivity index (χ0) is 19.4. The molecule has 0 bridgehead atoms. The van der Waals surface area contributed by atoms with Crippen LogP contribution in [0.4, 0.5) is 5.69 Å². The number of furan rings is 1. The topological polar surface area (TPSA) is 106 Å². The van der Waals surface area contributed by atoms with E-state index >= 15 is 0 Å². The molecule has 3 rings (SSSR count). The second-order valence-electron chi connectivity index (χ2n) is 6.03. The van der Waals surface area contributed by atoms with Crippen molar-refractivity contribution in [3.63, 3.8) is 0 Å². The fraction of sp³-hybridized carbons (Fsp3) is 0.222. The average molecular weight is 388 g/mol. The maximum absolute atomic E-state index is 12.8. The Bertz CT molecular complexity index is 978. The Morgan fingerprint density at radius 2 is 2.11 bits per heavy atom. The summed E-state index contributed by atoms with van der Waals surface area (Å²) in [6.07, 6.45) is 4.90.